The van der Waals surface area contributed by atoms with E-state index in [9.17, 15) is 9.59 Å². The van der Waals surface area contributed by atoms with Gasteiger partial charge in [0.2, 0.25) is 11.8 Å². The summed E-state index contributed by atoms with van der Waals surface area (Å²) in [5.41, 5.74) is 5.29. The molecule has 2 atom stereocenters. The summed E-state index contributed by atoms with van der Waals surface area (Å²) in [6.07, 6.45) is 1.20. The topological polar surface area (TPSA) is 75.9 Å². The van der Waals surface area contributed by atoms with Crippen molar-refractivity contribution in [2.24, 2.45) is 11.7 Å². The number of nitrogens with zero attached hydrogens (tertiary/aromatic N) is 2. The van der Waals surface area contributed by atoms with Crippen molar-refractivity contribution in [3.05, 3.63) is 0 Å². The molecule has 1 aliphatic rings. The number of hydrogen-bond donors (Lipinski definition) is 1. The van der Waals surface area contributed by atoms with Crippen LogP contribution in [0.5, 0.6) is 0 Å². The Morgan fingerprint density at radius 2 is 2.00 bits per heavy atom. The van der Waals surface area contributed by atoms with Crippen LogP contribution in [0.3, 0.4) is 0 Å². The fraction of sp³-hybridized carbons (Fsp3) is 0.857. The van der Waals surface area contributed by atoms with Crippen molar-refractivity contribution < 1.29 is 14.3 Å². The number of amides is 2. The van der Waals surface area contributed by atoms with Crippen LogP contribution in [0.15, 0.2) is 0 Å². The summed E-state index contributed by atoms with van der Waals surface area (Å²) < 4.78 is 5.42. The fourth-order valence-corrected chi connectivity index (χ4v) is 2.86. The highest BCUT2D eigenvalue weighted by atomic mass is 16.5. The van der Waals surface area contributed by atoms with E-state index in [2.05, 4.69) is 4.90 Å². The molecule has 6 nitrogen and oxygen atoms in total. The van der Waals surface area contributed by atoms with Gasteiger partial charge in [0.1, 0.15) is 0 Å². The Labute approximate surface area is 121 Å². The minimum Gasteiger partial charge on any atom is -0.381 e. The number of primary amides is 1. The Bertz CT molecular complexity index is 332. The molecule has 0 aliphatic carbocycles. The molecule has 2 N–H and O–H groups in total. The quantitative estimate of drug-likeness (QED) is 0.718. The van der Waals surface area contributed by atoms with E-state index in [1.165, 1.54) is 0 Å². The van der Waals surface area contributed by atoms with Crippen molar-refractivity contribution in [2.75, 3.05) is 39.8 Å². The summed E-state index contributed by atoms with van der Waals surface area (Å²) in [5, 5.41) is 0. The molecule has 20 heavy (non-hydrogen) atoms. The third-order valence-electron chi connectivity index (χ3n) is 3.99. The molecule has 0 saturated carbocycles. The molecule has 0 unspecified atom stereocenters. The van der Waals surface area contributed by atoms with Gasteiger partial charge in [-0.3, -0.25) is 14.5 Å². The van der Waals surface area contributed by atoms with Gasteiger partial charge in [-0.1, -0.05) is 0 Å². The van der Waals surface area contributed by atoms with Gasteiger partial charge in [0.15, 0.2) is 0 Å². The van der Waals surface area contributed by atoms with Crippen molar-refractivity contribution in [1.29, 1.82) is 0 Å². The summed E-state index contributed by atoms with van der Waals surface area (Å²) >= 11 is 0. The Morgan fingerprint density at radius 3 is 2.50 bits per heavy atom. The van der Waals surface area contributed by atoms with Gasteiger partial charge >= 0.3 is 0 Å². The molecule has 0 spiro atoms. The second-order valence-corrected chi connectivity index (χ2v) is 5.29. The lowest BCUT2D eigenvalue weighted by molar-refractivity contribution is -0.133. The number of ether oxygens (including phenoxy) is 1. The second-order valence-electron chi connectivity index (χ2n) is 5.29. The van der Waals surface area contributed by atoms with Crippen LogP contribution in [0.25, 0.3) is 0 Å². The molecule has 1 rings (SSSR count). The van der Waals surface area contributed by atoms with E-state index < -0.39 is 0 Å². The number of nitrogens with two attached hydrogens (primary N) is 1. The molecule has 0 bridgehead atoms. The predicted octanol–water partition coefficient (Wildman–Crippen LogP) is 0.0671. The van der Waals surface area contributed by atoms with Gasteiger partial charge in [0.25, 0.3) is 0 Å². The minimum absolute atomic E-state index is 0.0577. The van der Waals surface area contributed by atoms with E-state index >= 15 is 0 Å². The van der Waals surface area contributed by atoms with Crippen molar-refractivity contribution in [2.45, 2.75) is 32.8 Å². The molecule has 2 amide bonds. The lowest BCUT2D eigenvalue weighted by atomic mass is 9.91. The number of piperidine rings is 1. The molecule has 0 aromatic carbocycles. The molecule has 0 aromatic rings. The van der Waals surface area contributed by atoms with E-state index in [4.69, 9.17) is 10.5 Å². The summed E-state index contributed by atoms with van der Waals surface area (Å²) in [6.45, 7) is 7.34. The second kappa shape index (κ2) is 8.21. The van der Waals surface area contributed by atoms with Gasteiger partial charge in [-0.2, -0.15) is 0 Å². The molecule has 1 fully saturated rings. The van der Waals surface area contributed by atoms with E-state index in [0.29, 0.717) is 19.5 Å². The number of rotatable bonds is 7. The first-order valence-corrected chi connectivity index (χ1v) is 7.33. The molecule has 0 radical (unpaired) electrons. The van der Waals surface area contributed by atoms with E-state index in [1.54, 1.807) is 7.11 Å². The van der Waals surface area contributed by atoms with Gasteiger partial charge in [-0.05, 0) is 20.3 Å². The summed E-state index contributed by atoms with van der Waals surface area (Å²) in [6, 6.07) is 0. The van der Waals surface area contributed by atoms with Crippen LogP contribution in [0.4, 0.5) is 0 Å². The van der Waals surface area contributed by atoms with Crippen LogP contribution >= 0.6 is 0 Å². The van der Waals surface area contributed by atoms with Crippen LogP contribution in [0.1, 0.15) is 26.7 Å². The van der Waals surface area contributed by atoms with Crippen LogP contribution in [0.2, 0.25) is 0 Å². The summed E-state index contributed by atoms with van der Waals surface area (Å²) in [4.78, 5) is 27.2. The van der Waals surface area contributed by atoms with Crippen LogP contribution < -0.4 is 5.73 Å². The molecule has 1 heterocycles. The van der Waals surface area contributed by atoms with E-state index in [0.717, 1.165) is 26.1 Å². The number of likely N-dealkylation sites (tertiary alicyclic amines) is 1. The zero-order valence-corrected chi connectivity index (χ0v) is 12.8. The number of carbonyl (C=O) groups excluding carboxylic acids is 2. The molecular weight excluding hydrogens is 258 g/mol. The first-order chi connectivity index (χ1) is 9.51. The van der Waals surface area contributed by atoms with Crippen molar-refractivity contribution in [1.82, 2.24) is 9.80 Å². The van der Waals surface area contributed by atoms with Gasteiger partial charge in [-0.15, -0.1) is 0 Å². The fourth-order valence-electron chi connectivity index (χ4n) is 2.86. The smallest absolute Gasteiger partial charge is 0.236 e. The van der Waals surface area contributed by atoms with Crippen molar-refractivity contribution in [3.63, 3.8) is 0 Å². The molecule has 0 aromatic heterocycles. The highest BCUT2D eigenvalue weighted by molar-refractivity contribution is 5.78. The van der Waals surface area contributed by atoms with Gasteiger partial charge in [0.05, 0.1) is 12.6 Å². The molecule has 1 saturated heterocycles. The Hall–Kier alpha value is -1.14. The zero-order valence-electron chi connectivity index (χ0n) is 12.8. The predicted molar refractivity (Wildman–Crippen MR) is 77.1 cm³/mol. The molecule has 1 aliphatic heterocycles. The zero-order chi connectivity index (χ0) is 15.1. The molecule has 116 valence electrons. The van der Waals surface area contributed by atoms with Crippen LogP contribution in [0, 0.1) is 5.92 Å². The van der Waals surface area contributed by atoms with E-state index in [1.807, 2.05) is 18.7 Å². The third kappa shape index (κ3) is 4.76. The summed E-state index contributed by atoms with van der Waals surface area (Å²) in [5.74, 6) is -0.0894. The Balaban J connectivity index is 2.56. The number of methoxy groups -OCH3 is 1. The summed E-state index contributed by atoms with van der Waals surface area (Å²) in [7, 11) is 1.66. The van der Waals surface area contributed by atoms with Crippen LogP contribution in [-0.4, -0.2) is 67.6 Å². The molecular formula is C14H27N3O3. The Morgan fingerprint density at radius 1 is 1.35 bits per heavy atom. The van der Waals surface area contributed by atoms with Crippen molar-refractivity contribution >= 4 is 11.8 Å². The van der Waals surface area contributed by atoms with Gasteiger partial charge in [0, 0.05) is 45.6 Å². The van der Waals surface area contributed by atoms with E-state index in [-0.39, 0.29) is 23.8 Å². The third-order valence-corrected chi connectivity index (χ3v) is 3.99. The highest BCUT2D eigenvalue weighted by Gasteiger charge is 2.31. The number of likely N-dealkylation sites (N-methyl/N-ethyl adjacent to an activating group) is 1. The maximum atomic E-state index is 12.1. The largest absolute Gasteiger partial charge is 0.381 e. The first-order valence-electron chi connectivity index (χ1n) is 7.33. The Kier molecular flexibility index (Phi) is 6.95. The van der Waals surface area contributed by atoms with Crippen LogP contribution in [-0.2, 0) is 14.3 Å². The molecule has 6 heteroatoms. The lowest BCUT2D eigenvalue weighted by Crippen LogP contribution is -2.49. The first kappa shape index (κ1) is 16.9. The number of hydrogen-bond acceptors (Lipinski definition) is 4. The normalized spacial score (nSPS) is 23.6. The van der Waals surface area contributed by atoms with Crippen molar-refractivity contribution in [3.8, 4) is 0 Å². The lowest BCUT2D eigenvalue weighted by Gasteiger charge is -2.37. The highest BCUT2D eigenvalue weighted by Crippen LogP contribution is 2.22. The standard InChI is InChI=1S/C14H27N3O3/c1-4-17(5-2)14(19)10-16-7-6-12(20-3)11(9-16)8-13(15)18/h11-12H,4-10H2,1-3H3,(H2,15,18)/t11-,12-/m1/s1. The average molecular weight is 285 g/mol. The maximum absolute atomic E-state index is 12.1. The van der Waals surface area contributed by atoms with Gasteiger partial charge < -0.3 is 15.4 Å². The maximum Gasteiger partial charge on any atom is 0.236 e. The van der Waals surface area contributed by atoms with Gasteiger partial charge in [-0.25, -0.2) is 0 Å². The number of carbonyl (C=O) groups is 2. The monoisotopic (exact) mass is 285 g/mol. The minimum atomic E-state index is -0.311. The SMILES string of the molecule is CCN(CC)C(=O)CN1CC[C@@H](OC)[C@H](CC(N)=O)C1. The average Bonchev–Trinajstić information content (AvgIpc) is 2.39.